The monoisotopic (exact) mass is 371 g/mol. The third-order valence-corrected chi connectivity index (χ3v) is 4.55. The Morgan fingerprint density at radius 3 is 2.59 bits per heavy atom. The zero-order valence-electron chi connectivity index (χ0n) is 15.9. The van der Waals surface area contributed by atoms with Gasteiger partial charge in [0.25, 0.3) is 0 Å². The Morgan fingerprint density at radius 2 is 1.93 bits per heavy atom. The second-order valence-electron chi connectivity index (χ2n) is 6.25. The van der Waals surface area contributed by atoms with Crippen molar-refractivity contribution in [1.29, 1.82) is 0 Å². The molecule has 1 aliphatic rings. The van der Waals surface area contributed by atoms with E-state index in [9.17, 15) is 4.39 Å². The summed E-state index contributed by atoms with van der Waals surface area (Å²) < 4.78 is 18.7. The van der Waals surface area contributed by atoms with Gasteiger partial charge in [0.2, 0.25) is 5.88 Å². The summed E-state index contributed by atoms with van der Waals surface area (Å²) >= 11 is 0. The highest BCUT2D eigenvalue weighted by Gasteiger charge is 2.20. The van der Waals surface area contributed by atoms with Crippen LogP contribution in [0.25, 0.3) is 0 Å². The standard InChI is InChI=1S/C20H26FN5O/c1-3-27-19-16(5-4-10-23-19)15-24-20(22-2)26-13-11-25(12-14-26)18-8-6-17(21)7-9-18/h4-10H,3,11-15H2,1-2H3,(H,22,24). The highest BCUT2D eigenvalue weighted by atomic mass is 19.1. The van der Waals surface area contributed by atoms with Crippen molar-refractivity contribution < 1.29 is 9.13 Å². The van der Waals surface area contributed by atoms with E-state index in [1.807, 2.05) is 31.2 Å². The van der Waals surface area contributed by atoms with Gasteiger partial charge in [-0.05, 0) is 37.3 Å². The number of halogens is 1. The van der Waals surface area contributed by atoms with Crippen molar-refractivity contribution in [3.63, 3.8) is 0 Å². The van der Waals surface area contributed by atoms with Crippen molar-refractivity contribution in [2.75, 3.05) is 44.7 Å². The number of anilines is 1. The second-order valence-corrected chi connectivity index (χ2v) is 6.25. The average Bonchev–Trinajstić information content (AvgIpc) is 2.71. The van der Waals surface area contributed by atoms with Crippen molar-refractivity contribution in [2.24, 2.45) is 4.99 Å². The number of hydrogen-bond acceptors (Lipinski definition) is 4. The molecule has 1 aliphatic heterocycles. The Kier molecular flexibility index (Phi) is 6.46. The molecule has 6 nitrogen and oxygen atoms in total. The number of benzene rings is 1. The van der Waals surface area contributed by atoms with E-state index in [1.54, 1.807) is 13.2 Å². The summed E-state index contributed by atoms with van der Waals surface area (Å²) in [6, 6.07) is 10.6. The maximum atomic E-state index is 13.1. The summed E-state index contributed by atoms with van der Waals surface area (Å²) in [7, 11) is 1.79. The Balaban J connectivity index is 1.56. The fourth-order valence-electron chi connectivity index (χ4n) is 3.16. The molecule has 1 N–H and O–H groups in total. The summed E-state index contributed by atoms with van der Waals surface area (Å²) in [6.07, 6.45) is 1.73. The Morgan fingerprint density at radius 1 is 1.19 bits per heavy atom. The number of aliphatic imine (C=N–C) groups is 1. The van der Waals surface area contributed by atoms with Gasteiger partial charge in [0.1, 0.15) is 5.82 Å². The number of hydrogen-bond donors (Lipinski definition) is 1. The molecule has 0 amide bonds. The minimum atomic E-state index is -0.205. The second kappa shape index (κ2) is 9.21. The van der Waals surface area contributed by atoms with E-state index in [0.29, 0.717) is 19.0 Å². The Labute approximate surface area is 159 Å². The average molecular weight is 371 g/mol. The van der Waals surface area contributed by atoms with Gasteiger partial charge in [-0.1, -0.05) is 6.07 Å². The smallest absolute Gasteiger partial charge is 0.218 e. The van der Waals surface area contributed by atoms with Gasteiger partial charge in [-0.3, -0.25) is 4.99 Å². The van der Waals surface area contributed by atoms with Crippen LogP contribution in [0.2, 0.25) is 0 Å². The fraction of sp³-hybridized carbons (Fsp3) is 0.400. The molecule has 0 saturated carbocycles. The molecule has 7 heteroatoms. The lowest BCUT2D eigenvalue weighted by molar-refractivity contribution is 0.322. The molecule has 0 atom stereocenters. The molecule has 2 aromatic rings. The number of ether oxygens (including phenoxy) is 1. The van der Waals surface area contributed by atoms with Gasteiger partial charge in [0, 0.05) is 57.2 Å². The first-order valence-electron chi connectivity index (χ1n) is 9.24. The van der Waals surface area contributed by atoms with Gasteiger partial charge >= 0.3 is 0 Å². The van der Waals surface area contributed by atoms with Crippen molar-refractivity contribution in [3.05, 3.63) is 54.0 Å². The molecular weight excluding hydrogens is 345 g/mol. The molecule has 1 saturated heterocycles. The van der Waals surface area contributed by atoms with Crippen LogP contribution < -0.4 is 15.0 Å². The first kappa shape index (κ1) is 18.9. The quantitative estimate of drug-likeness (QED) is 0.647. The van der Waals surface area contributed by atoms with E-state index in [4.69, 9.17) is 4.74 Å². The summed E-state index contributed by atoms with van der Waals surface area (Å²) in [4.78, 5) is 13.2. The molecule has 144 valence electrons. The lowest BCUT2D eigenvalue weighted by Crippen LogP contribution is -2.52. The third kappa shape index (κ3) is 4.87. The molecular formula is C20H26FN5O. The van der Waals surface area contributed by atoms with Crippen molar-refractivity contribution >= 4 is 11.6 Å². The van der Waals surface area contributed by atoms with Gasteiger partial charge in [-0.2, -0.15) is 0 Å². The van der Waals surface area contributed by atoms with E-state index in [2.05, 4.69) is 25.1 Å². The molecule has 0 bridgehead atoms. The predicted octanol–water partition coefficient (Wildman–Crippen LogP) is 2.52. The SMILES string of the molecule is CCOc1ncccc1CNC(=NC)N1CCN(c2ccc(F)cc2)CC1. The largest absolute Gasteiger partial charge is 0.478 e. The van der Waals surface area contributed by atoms with E-state index in [-0.39, 0.29) is 5.82 Å². The van der Waals surface area contributed by atoms with Gasteiger partial charge in [-0.25, -0.2) is 9.37 Å². The van der Waals surface area contributed by atoms with Crippen LogP contribution in [-0.2, 0) is 6.54 Å². The van der Waals surface area contributed by atoms with Gasteiger partial charge in [-0.15, -0.1) is 0 Å². The molecule has 1 fully saturated rings. The first-order valence-corrected chi connectivity index (χ1v) is 9.24. The molecule has 2 heterocycles. The molecule has 0 spiro atoms. The van der Waals surface area contributed by atoms with E-state index in [1.165, 1.54) is 12.1 Å². The molecule has 1 aromatic heterocycles. The van der Waals surface area contributed by atoms with Crippen LogP contribution in [-0.4, -0.2) is 55.7 Å². The summed E-state index contributed by atoms with van der Waals surface area (Å²) in [5.41, 5.74) is 2.06. The highest BCUT2D eigenvalue weighted by molar-refractivity contribution is 5.80. The number of aromatic nitrogens is 1. The molecule has 3 rings (SSSR count). The van der Waals surface area contributed by atoms with E-state index < -0.39 is 0 Å². The minimum Gasteiger partial charge on any atom is -0.478 e. The highest BCUT2D eigenvalue weighted by Crippen LogP contribution is 2.17. The number of rotatable bonds is 5. The normalized spacial score (nSPS) is 15.0. The number of piperazine rings is 1. The number of guanidine groups is 1. The van der Waals surface area contributed by atoms with Crippen LogP contribution in [0.5, 0.6) is 5.88 Å². The van der Waals surface area contributed by atoms with Crippen molar-refractivity contribution in [3.8, 4) is 5.88 Å². The van der Waals surface area contributed by atoms with Crippen molar-refractivity contribution in [1.82, 2.24) is 15.2 Å². The lowest BCUT2D eigenvalue weighted by Gasteiger charge is -2.37. The summed E-state index contributed by atoms with van der Waals surface area (Å²) in [5, 5.41) is 3.40. The van der Waals surface area contributed by atoms with Crippen LogP contribution >= 0.6 is 0 Å². The molecule has 0 unspecified atom stereocenters. The first-order chi connectivity index (χ1) is 13.2. The fourth-order valence-corrected chi connectivity index (χ4v) is 3.16. The van der Waals surface area contributed by atoms with Gasteiger partial charge < -0.3 is 19.9 Å². The Hall–Kier alpha value is -2.83. The van der Waals surface area contributed by atoms with Crippen LogP contribution in [0.1, 0.15) is 12.5 Å². The molecule has 27 heavy (non-hydrogen) atoms. The maximum Gasteiger partial charge on any atom is 0.218 e. The third-order valence-electron chi connectivity index (χ3n) is 4.55. The van der Waals surface area contributed by atoms with Gasteiger partial charge in [0.15, 0.2) is 5.96 Å². The zero-order valence-corrected chi connectivity index (χ0v) is 15.9. The predicted molar refractivity (Wildman–Crippen MR) is 106 cm³/mol. The molecule has 1 aromatic carbocycles. The topological polar surface area (TPSA) is 53.0 Å². The molecule has 0 radical (unpaired) electrons. The zero-order chi connectivity index (χ0) is 19.1. The van der Waals surface area contributed by atoms with Crippen LogP contribution in [0.15, 0.2) is 47.6 Å². The van der Waals surface area contributed by atoms with E-state index in [0.717, 1.165) is 43.4 Å². The summed E-state index contributed by atoms with van der Waals surface area (Å²) in [5.74, 6) is 1.31. The summed E-state index contributed by atoms with van der Waals surface area (Å²) in [6.45, 7) is 6.57. The maximum absolute atomic E-state index is 13.1. The van der Waals surface area contributed by atoms with Gasteiger partial charge in [0.05, 0.1) is 6.61 Å². The number of nitrogens with one attached hydrogen (secondary N) is 1. The molecule has 0 aliphatic carbocycles. The Bertz CT molecular complexity index is 757. The minimum absolute atomic E-state index is 0.205. The number of nitrogens with zero attached hydrogens (tertiary/aromatic N) is 4. The van der Waals surface area contributed by atoms with Crippen molar-refractivity contribution in [2.45, 2.75) is 13.5 Å². The van der Waals surface area contributed by atoms with Crippen LogP contribution in [0, 0.1) is 5.82 Å². The van der Waals surface area contributed by atoms with Crippen LogP contribution in [0.4, 0.5) is 10.1 Å². The van der Waals surface area contributed by atoms with Crippen LogP contribution in [0.3, 0.4) is 0 Å². The number of pyridine rings is 1. The lowest BCUT2D eigenvalue weighted by atomic mass is 10.2. The van der Waals surface area contributed by atoms with E-state index >= 15 is 0 Å².